The summed E-state index contributed by atoms with van der Waals surface area (Å²) in [4.78, 5) is 10.8. The minimum atomic E-state index is -1.65. The molecule has 0 aromatic carbocycles. The molecule has 12 heavy (non-hydrogen) atoms. The molecule has 0 radical (unpaired) electrons. The SMILES string of the molecule is O=C1CC(C(O)O)C(C(O)O)C1. The minimum Gasteiger partial charge on any atom is -0.368 e. The van der Waals surface area contributed by atoms with Gasteiger partial charge in [0.05, 0.1) is 0 Å². The van der Waals surface area contributed by atoms with Gasteiger partial charge in [-0.3, -0.25) is 4.79 Å². The zero-order valence-corrected chi connectivity index (χ0v) is 6.42. The molecule has 4 N–H and O–H groups in total. The summed E-state index contributed by atoms with van der Waals surface area (Å²) in [6.45, 7) is 0. The van der Waals surface area contributed by atoms with E-state index in [1.165, 1.54) is 0 Å². The lowest BCUT2D eigenvalue weighted by Gasteiger charge is -2.21. The summed E-state index contributed by atoms with van der Waals surface area (Å²) in [5, 5.41) is 35.1. The van der Waals surface area contributed by atoms with Crippen molar-refractivity contribution in [3.05, 3.63) is 0 Å². The van der Waals surface area contributed by atoms with Gasteiger partial charge in [-0.25, -0.2) is 0 Å². The van der Waals surface area contributed by atoms with Crippen LogP contribution in [0.2, 0.25) is 0 Å². The summed E-state index contributed by atoms with van der Waals surface area (Å²) in [5.41, 5.74) is 0. The van der Waals surface area contributed by atoms with Crippen LogP contribution < -0.4 is 0 Å². The molecule has 2 unspecified atom stereocenters. The second kappa shape index (κ2) is 3.49. The largest absolute Gasteiger partial charge is 0.368 e. The molecule has 1 fully saturated rings. The van der Waals surface area contributed by atoms with Crippen LogP contribution in [0.25, 0.3) is 0 Å². The first kappa shape index (κ1) is 9.60. The van der Waals surface area contributed by atoms with Gasteiger partial charge in [0.2, 0.25) is 0 Å². The topological polar surface area (TPSA) is 98.0 Å². The molecule has 1 aliphatic carbocycles. The Labute approximate surface area is 69.3 Å². The molecule has 5 nitrogen and oxygen atoms in total. The van der Waals surface area contributed by atoms with Crippen molar-refractivity contribution in [2.75, 3.05) is 0 Å². The summed E-state index contributed by atoms with van der Waals surface area (Å²) < 4.78 is 0. The van der Waals surface area contributed by atoms with E-state index in [0.717, 1.165) is 0 Å². The summed E-state index contributed by atoms with van der Waals surface area (Å²) in [6.07, 6.45) is -3.27. The van der Waals surface area contributed by atoms with Crippen LogP contribution in [0.15, 0.2) is 0 Å². The Kier molecular flexibility index (Phi) is 2.79. The van der Waals surface area contributed by atoms with Crippen molar-refractivity contribution in [2.45, 2.75) is 25.4 Å². The maximum Gasteiger partial charge on any atom is 0.155 e. The lowest BCUT2D eigenvalue weighted by Crippen LogP contribution is -2.31. The smallest absolute Gasteiger partial charge is 0.155 e. The highest BCUT2D eigenvalue weighted by Gasteiger charge is 2.40. The van der Waals surface area contributed by atoms with E-state index in [-0.39, 0.29) is 18.6 Å². The van der Waals surface area contributed by atoms with Crippen molar-refractivity contribution >= 4 is 5.78 Å². The summed E-state index contributed by atoms with van der Waals surface area (Å²) in [6, 6.07) is 0. The number of carbonyl (C=O) groups excluding carboxylic acids is 1. The van der Waals surface area contributed by atoms with E-state index < -0.39 is 24.4 Å². The van der Waals surface area contributed by atoms with Gasteiger partial charge in [-0.1, -0.05) is 0 Å². The summed E-state index contributed by atoms with van der Waals surface area (Å²) >= 11 is 0. The van der Waals surface area contributed by atoms with Crippen molar-refractivity contribution in [3.63, 3.8) is 0 Å². The van der Waals surface area contributed by atoms with Gasteiger partial charge in [-0.15, -0.1) is 0 Å². The van der Waals surface area contributed by atoms with Crippen LogP contribution in [0.1, 0.15) is 12.8 Å². The first-order chi connectivity index (χ1) is 5.52. The molecule has 1 aliphatic rings. The summed E-state index contributed by atoms with van der Waals surface area (Å²) in [7, 11) is 0. The molecule has 0 bridgehead atoms. The van der Waals surface area contributed by atoms with Crippen LogP contribution >= 0.6 is 0 Å². The number of rotatable bonds is 2. The van der Waals surface area contributed by atoms with Gasteiger partial charge in [0, 0.05) is 24.7 Å². The fourth-order valence-corrected chi connectivity index (χ4v) is 1.56. The molecule has 5 heteroatoms. The first-order valence-corrected chi connectivity index (χ1v) is 3.76. The van der Waals surface area contributed by atoms with Crippen LogP contribution in [-0.2, 0) is 4.79 Å². The highest BCUT2D eigenvalue weighted by atomic mass is 16.5. The van der Waals surface area contributed by atoms with Crippen LogP contribution in [0, 0.1) is 11.8 Å². The zero-order valence-electron chi connectivity index (χ0n) is 6.42. The Balaban J connectivity index is 2.65. The molecule has 0 aliphatic heterocycles. The highest BCUT2D eigenvalue weighted by Crippen LogP contribution is 2.32. The lowest BCUT2D eigenvalue weighted by atomic mass is 9.95. The number of hydrogen-bond donors (Lipinski definition) is 4. The van der Waals surface area contributed by atoms with Crippen molar-refractivity contribution < 1.29 is 25.2 Å². The Bertz CT molecular complexity index is 159. The van der Waals surface area contributed by atoms with E-state index in [0.29, 0.717) is 0 Å². The Hall–Kier alpha value is -0.490. The second-order valence-electron chi connectivity index (χ2n) is 3.10. The molecule has 1 rings (SSSR count). The van der Waals surface area contributed by atoms with Crippen LogP contribution in [0.3, 0.4) is 0 Å². The van der Waals surface area contributed by atoms with Gasteiger partial charge in [-0.2, -0.15) is 0 Å². The van der Waals surface area contributed by atoms with Crippen molar-refractivity contribution in [2.24, 2.45) is 11.8 Å². The maximum absolute atomic E-state index is 10.8. The first-order valence-electron chi connectivity index (χ1n) is 3.76. The van der Waals surface area contributed by atoms with Gasteiger partial charge in [0.15, 0.2) is 12.6 Å². The molecular weight excluding hydrogens is 164 g/mol. The number of hydrogen-bond acceptors (Lipinski definition) is 5. The van der Waals surface area contributed by atoms with Gasteiger partial charge < -0.3 is 20.4 Å². The van der Waals surface area contributed by atoms with E-state index in [1.54, 1.807) is 0 Å². The fourth-order valence-electron chi connectivity index (χ4n) is 1.56. The number of carbonyl (C=O) groups is 1. The molecule has 0 spiro atoms. The molecule has 0 saturated heterocycles. The van der Waals surface area contributed by atoms with E-state index in [2.05, 4.69) is 0 Å². The Morgan fingerprint density at radius 1 is 1.00 bits per heavy atom. The molecule has 2 atom stereocenters. The molecule has 0 aromatic heterocycles. The van der Waals surface area contributed by atoms with Gasteiger partial charge >= 0.3 is 0 Å². The predicted octanol–water partition coefficient (Wildman–Crippen LogP) is -1.80. The van der Waals surface area contributed by atoms with Crippen molar-refractivity contribution in [3.8, 4) is 0 Å². The lowest BCUT2D eigenvalue weighted by molar-refractivity contribution is -0.150. The van der Waals surface area contributed by atoms with E-state index in [9.17, 15) is 4.79 Å². The number of Topliss-reactive ketones (excluding diaryl/α,β-unsaturated/α-hetero) is 1. The normalized spacial score (nSPS) is 30.7. The standard InChI is InChI=1S/C7H12O5/c8-3-1-4(6(9)10)5(2-3)7(11)12/h4-7,9-12H,1-2H2. The second-order valence-corrected chi connectivity index (χ2v) is 3.10. The van der Waals surface area contributed by atoms with E-state index in [4.69, 9.17) is 20.4 Å². The zero-order chi connectivity index (χ0) is 9.30. The molecule has 0 amide bonds. The number of aliphatic hydroxyl groups is 4. The Morgan fingerprint density at radius 3 is 1.58 bits per heavy atom. The number of aliphatic hydroxyl groups excluding tert-OH is 2. The third kappa shape index (κ3) is 1.81. The molecular formula is C7H12O5. The van der Waals surface area contributed by atoms with Gasteiger partial charge in [0.25, 0.3) is 0 Å². The van der Waals surface area contributed by atoms with Crippen LogP contribution in [0.5, 0.6) is 0 Å². The number of ketones is 1. The average Bonchev–Trinajstić information content (AvgIpc) is 2.31. The van der Waals surface area contributed by atoms with Crippen LogP contribution in [-0.4, -0.2) is 38.8 Å². The van der Waals surface area contributed by atoms with E-state index >= 15 is 0 Å². The van der Waals surface area contributed by atoms with Crippen LogP contribution in [0.4, 0.5) is 0 Å². The third-order valence-electron chi connectivity index (χ3n) is 2.24. The van der Waals surface area contributed by atoms with Gasteiger partial charge in [0.1, 0.15) is 5.78 Å². The van der Waals surface area contributed by atoms with Gasteiger partial charge in [-0.05, 0) is 0 Å². The van der Waals surface area contributed by atoms with Crippen molar-refractivity contribution in [1.29, 1.82) is 0 Å². The molecule has 0 aromatic rings. The molecule has 1 saturated carbocycles. The molecule has 70 valence electrons. The maximum atomic E-state index is 10.8. The van der Waals surface area contributed by atoms with E-state index in [1.807, 2.05) is 0 Å². The fraction of sp³-hybridized carbons (Fsp3) is 0.857. The van der Waals surface area contributed by atoms with Crippen molar-refractivity contribution in [1.82, 2.24) is 0 Å². The minimum absolute atomic E-state index is 0.0138. The summed E-state index contributed by atoms with van der Waals surface area (Å²) in [5.74, 6) is -1.64. The Morgan fingerprint density at radius 2 is 1.33 bits per heavy atom. The highest BCUT2D eigenvalue weighted by molar-refractivity contribution is 5.81. The quantitative estimate of drug-likeness (QED) is 0.372. The average molecular weight is 176 g/mol. The monoisotopic (exact) mass is 176 g/mol. The third-order valence-corrected chi connectivity index (χ3v) is 2.24. The molecule has 0 heterocycles. The predicted molar refractivity (Wildman–Crippen MR) is 37.7 cm³/mol.